The standard InChI is InChI=1S/C21H21N5OS/c1-13-16(14(2)26-21(24-13)15(11-22)12-23-26)7-8-20(27)25-18-9-10-28-19-6-4-3-5-17(18)19/h3-6,12,18H,7-10H2,1-2H3,(H,25,27)/t18-/m0/s1. The molecule has 1 aliphatic rings. The topological polar surface area (TPSA) is 83.1 Å². The van der Waals surface area contributed by atoms with Crippen molar-refractivity contribution in [1.82, 2.24) is 19.9 Å². The molecule has 0 saturated heterocycles. The van der Waals surface area contributed by atoms with E-state index in [-0.39, 0.29) is 11.9 Å². The summed E-state index contributed by atoms with van der Waals surface area (Å²) >= 11 is 1.85. The molecular formula is C21H21N5OS. The lowest BCUT2D eigenvalue weighted by atomic mass is 10.0. The van der Waals surface area contributed by atoms with E-state index in [1.807, 2.05) is 37.7 Å². The lowest BCUT2D eigenvalue weighted by Gasteiger charge is -2.26. The van der Waals surface area contributed by atoms with Gasteiger partial charge in [-0.25, -0.2) is 9.50 Å². The molecule has 6 nitrogen and oxygen atoms in total. The molecule has 0 radical (unpaired) electrons. The van der Waals surface area contributed by atoms with Gasteiger partial charge in [0.2, 0.25) is 5.91 Å². The summed E-state index contributed by atoms with van der Waals surface area (Å²) in [5, 5.41) is 16.6. The average Bonchev–Trinajstić information content (AvgIpc) is 3.11. The fraction of sp³-hybridized carbons (Fsp3) is 0.333. The highest BCUT2D eigenvalue weighted by atomic mass is 32.2. The first-order valence-corrected chi connectivity index (χ1v) is 10.3. The maximum atomic E-state index is 12.6. The Morgan fingerprint density at radius 1 is 1.39 bits per heavy atom. The van der Waals surface area contributed by atoms with Gasteiger partial charge in [0.05, 0.1) is 12.2 Å². The summed E-state index contributed by atoms with van der Waals surface area (Å²) in [4.78, 5) is 18.4. The predicted octanol–water partition coefficient (Wildman–Crippen LogP) is 3.50. The van der Waals surface area contributed by atoms with Gasteiger partial charge >= 0.3 is 0 Å². The van der Waals surface area contributed by atoms with E-state index >= 15 is 0 Å². The third-order valence-corrected chi connectivity index (χ3v) is 6.35. The van der Waals surface area contributed by atoms with E-state index in [9.17, 15) is 10.1 Å². The van der Waals surface area contributed by atoms with Gasteiger partial charge in [0, 0.05) is 28.5 Å². The van der Waals surface area contributed by atoms with Crippen LogP contribution in [-0.2, 0) is 11.2 Å². The number of fused-ring (bicyclic) bond motifs is 2. The van der Waals surface area contributed by atoms with E-state index in [1.165, 1.54) is 16.7 Å². The summed E-state index contributed by atoms with van der Waals surface area (Å²) < 4.78 is 1.69. The Hall–Kier alpha value is -2.85. The number of hydrogen-bond donors (Lipinski definition) is 1. The number of carbonyl (C=O) groups is 1. The SMILES string of the molecule is Cc1nc2c(C#N)cnn2c(C)c1CCC(=O)N[C@H]1CCSc2ccccc21. The minimum Gasteiger partial charge on any atom is -0.349 e. The number of thioether (sulfide) groups is 1. The number of hydrogen-bond acceptors (Lipinski definition) is 5. The van der Waals surface area contributed by atoms with E-state index in [1.54, 1.807) is 4.52 Å². The van der Waals surface area contributed by atoms with Gasteiger partial charge in [-0.15, -0.1) is 11.8 Å². The number of nitrogens with one attached hydrogen (secondary N) is 1. The minimum absolute atomic E-state index is 0.0452. The van der Waals surface area contributed by atoms with Gasteiger partial charge in [-0.1, -0.05) is 18.2 Å². The van der Waals surface area contributed by atoms with Crippen LogP contribution < -0.4 is 5.32 Å². The Balaban J connectivity index is 1.48. The van der Waals surface area contributed by atoms with Crippen LogP contribution in [0.4, 0.5) is 0 Å². The zero-order valence-electron chi connectivity index (χ0n) is 15.9. The lowest BCUT2D eigenvalue weighted by molar-refractivity contribution is -0.121. The van der Waals surface area contributed by atoms with Gasteiger partial charge in [-0.3, -0.25) is 4.79 Å². The molecule has 0 saturated carbocycles. The first-order valence-electron chi connectivity index (χ1n) is 9.33. The van der Waals surface area contributed by atoms with Crippen LogP contribution in [0.15, 0.2) is 35.4 Å². The van der Waals surface area contributed by atoms with Crippen LogP contribution in [0, 0.1) is 25.2 Å². The maximum absolute atomic E-state index is 12.6. The van der Waals surface area contributed by atoms with E-state index in [0.29, 0.717) is 24.1 Å². The van der Waals surface area contributed by atoms with Gasteiger partial charge in [-0.05, 0) is 43.9 Å². The van der Waals surface area contributed by atoms with Crippen LogP contribution in [0.25, 0.3) is 5.65 Å². The van der Waals surface area contributed by atoms with Crippen molar-refractivity contribution >= 4 is 23.3 Å². The number of amides is 1. The molecule has 1 amide bonds. The van der Waals surface area contributed by atoms with Crippen LogP contribution in [0.5, 0.6) is 0 Å². The van der Waals surface area contributed by atoms with E-state index in [4.69, 9.17) is 0 Å². The Morgan fingerprint density at radius 2 is 2.21 bits per heavy atom. The zero-order valence-corrected chi connectivity index (χ0v) is 16.7. The molecule has 0 unspecified atom stereocenters. The fourth-order valence-corrected chi connectivity index (χ4v) is 4.87. The predicted molar refractivity (Wildman–Crippen MR) is 108 cm³/mol. The van der Waals surface area contributed by atoms with Crippen molar-refractivity contribution in [2.75, 3.05) is 5.75 Å². The highest BCUT2D eigenvalue weighted by Gasteiger charge is 2.22. The second kappa shape index (κ2) is 7.64. The first-order chi connectivity index (χ1) is 13.6. The largest absolute Gasteiger partial charge is 0.349 e. The summed E-state index contributed by atoms with van der Waals surface area (Å²) in [6, 6.07) is 10.5. The van der Waals surface area contributed by atoms with Crippen molar-refractivity contribution < 1.29 is 4.79 Å². The van der Waals surface area contributed by atoms with Crippen molar-refractivity contribution in [3.05, 3.63) is 58.5 Å². The van der Waals surface area contributed by atoms with E-state index in [2.05, 4.69) is 33.6 Å². The second-order valence-corrected chi connectivity index (χ2v) is 8.10. The van der Waals surface area contributed by atoms with Crippen molar-refractivity contribution in [2.45, 2.75) is 44.0 Å². The summed E-state index contributed by atoms with van der Waals surface area (Å²) in [7, 11) is 0. The molecule has 0 fully saturated rings. The maximum Gasteiger partial charge on any atom is 0.220 e. The Morgan fingerprint density at radius 3 is 3.04 bits per heavy atom. The van der Waals surface area contributed by atoms with Crippen LogP contribution in [0.2, 0.25) is 0 Å². The molecular weight excluding hydrogens is 370 g/mol. The third kappa shape index (κ3) is 3.36. The highest BCUT2D eigenvalue weighted by Crippen LogP contribution is 2.35. The number of nitriles is 1. The van der Waals surface area contributed by atoms with Gasteiger partial charge in [0.15, 0.2) is 5.65 Å². The van der Waals surface area contributed by atoms with Gasteiger partial charge in [0.25, 0.3) is 0 Å². The van der Waals surface area contributed by atoms with Crippen molar-refractivity contribution in [2.24, 2.45) is 0 Å². The number of aromatic nitrogens is 3. The molecule has 28 heavy (non-hydrogen) atoms. The molecule has 3 heterocycles. The monoisotopic (exact) mass is 391 g/mol. The number of rotatable bonds is 4. The second-order valence-electron chi connectivity index (χ2n) is 6.96. The molecule has 3 aromatic rings. The summed E-state index contributed by atoms with van der Waals surface area (Å²) in [5.41, 5.74) is 5.02. The minimum atomic E-state index is 0.0452. The highest BCUT2D eigenvalue weighted by molar-refractivity contribution is 7.99. The first kappa shape index (κ1) is 18.5. The van der Waals surface area contributed by atoms with Gasteiger partial charge < -0.3 is 5.32 Å². The molecule has 0 aliphatic carbocycles. The Labute approximate surface area is 168 Å². The summed E-state index contributed by atoms with van der Waals surface area (Å²) in [5.74, 6) is 1.06. The average molecular weight is 392 g/mol. The quantitative estimate of drug-likeness (QED) is 0.736. The molecule has 0 spiro atoms. The van der Waals surface area contributed by atoms with Crippen LogP contribution in [-0.4, -0.2) is 26.3 Å². The van der Waals surface area contributed by atoms with Crippen LogP contribution >= 0.6 is 11.8 Å². The van der Waals surface area contributed by atoms with Crippen LogP contribution in [0.1, 0.15) is 47.0 Å². The van der Waals surface area contributed by atoms with E-state index < -0.39 is 0 Å². The number of nitrogens with zero attached hydrogens (tertiary/aromatic N) is 4. The molecule has 1 aliphatic heterocycles. The van der Waals surface area contributed by atoms with Crippen LogP contribution in [0.3, 0.4) is 0 Å². The summed E-state index contributed by atoms with van der Waals surface area (Å²) in [6.45, 7) is 3.88. The Kier molecular flexibility index (Phi) is 5.05. The number of aryl methyl sites for hydroxylation is 2. The lowest BCUT2D eigenvalue weighted by Crippen LogP contribution is -2.30. The molecule has 2 aromatic heterocycles. The molecule has 1 N–H and O–H groups in total. The van der Waals surface area contributed by atoms with Crippen molar-refractivity contribution in [3.8, 4) is 6.07 Å². The molecule has 4 rings (SSSR count). The number of benzene rings is 1. The normalized spacial score (nSPS) is 15.8. The number of carbonyl (C=O) groups excluding carboxylic acids is 1. The zero-order chi connectivity index (χ0) is 19.7. The van der Waals surface area contributed by atoms with Crippen molar-refractivity contribution in [1.29, 1.82) is 5.26 Å². The smallest absolute Gasteiger partial charge is 0.220 e. The molecule has 142 valence electrons. The van der Waals surface area contributed by atoms with Gasteiger partial charge in [-0.2, -0.15) is 10.4 Å². The molecule has 0 bridgehead atoms. The molecule has 1 aromatic carbocycles. The fourth-order valence-electron chi connectivity index (χ4n) is 3.75. The van der Waals surface area contributed by atoms with Gasteiger partial charge in [0.1, 0.15) is 11.6 Å². The Bertz CT molecular complexity index is 1100. The molecule has 7 heteroatoms. The van der Waals surface area contributed by atoms with Crippen molar-refractivity contribution in [3.63, 3.8) is 0 Å². The third-order valence-electron chi connectivity index (χ3n) is 5.22. The van der Waals surface area contributed by atoms with E-state index in [0.717, 1.165) is 29.1 Å². The summed E-state index contributed by atoms with van der Waals surface area (Å²) in [6.07, 6.45) is 3.47. The molecule has 1 atom stereocenters.